The predicted octanol–water partition coefficient (Wildman–Crippen LogP) is 0.106. The standard InChI is InChI=1S/C18H26N6O4/c1-2-28-18(27)24-5-3-15(4-6-24)21-16(26)14-11-19-17(20-12-14)23-9-7-22(13-25)8-10-23/h11-13,15H,2-10H2,1H3,(H,21,26). The highest BCUT2D eigenvalue weighted by Crippen LogP contribution is 2.13. The number of piperidine rings is 1. The number of hydrogen-bond donors (Lipinski definition) is 1. The molecule has 0 radical (unpaired) electrons. The summed E-state index contributed by atoms with van der Waals surface area (Å²) < 4.78 is 5.00. The molecular formula is C18H26N6O4. The molecule has 0 spiro atoms. The largest absolute Gasteiger partial charge is 0.450 e. The van der Waals surface area contributed by atoms with Crippen LogP contribution >= 0.6 is 0 Å². The fourth-order valence-corrected chi connectivity index (χ4v) is 3.32. The zero-order chi connectivity index (χ0) is 19.9. The third-order valence-electron chi connectivity index (χ3n) is 5.00. The minimum Gasteiger partial charge on any atom is -0.450 e. The molecule has 0 saturated carbocycles. The molecule has 0 unspecified atom stereocenters. The van der Waals surface area contributed by atoms with Crippen molar-refractivity contribution in [2.75, 3.05) is 50.8 Å². The lowest BCUT2D eigenvalue weighted by atomic mass is 10.1. The Labute approximate surface area is 163 Å². The maximum atomic E-state index is 12.4. The highest BCUT2D eigenvalue weighted by Gasteiger charge is 2.25. The molecule has 2 saturated heterocycles. The Kier molecular flexibility index (Phi) is 6.62. The molecule has 152 valence electrons. The molecule has 10 nitrogen and oxygen atoms in total. The second-order valence-corrected chi connectivity index (χ2v) is 6.83. The molecule has 0 atom stereocenters. The van der Waals surface area contributed by atoms with Crippen LogP contribution in [-0.2, 0) is 9.53 Å². The molecule has 2 aliphatic heterocycles. The van der Waals surface area contributed by atoms with E-state index in [0.717, 1.165) is 6.41 Å². The Balaban J connectivity index is 1.48. The quantitative estimate of drug-likeness (QED) is 0.711. The molecule has 10 heteroatoms. The Morgan fingerprint density at radius 3 is 2.36 bits per heavy atom. The number of aromatic nitrogens is 2. The molecule has 1 N–H and O–H groups in total. The van der Waals surface area contributed by atoms with Crippen LogP contribution in [0.15, 0.2) is 12.4 Å². The van der Waals surface area contributed by atoms with Crippen LogP contribution in [0.4, 0.5) is 10.7 Å². The van der Waals surface area contributed by atoms with Gasteiger partial charge in [0.15, 0.2) is 0 Å². The molecule has 3 amide bonds. The van der Waals surface area contributed by atoms with Crippen molar-refractivity contribution in [2.24, 2.45) is 0 Å². The number of anilines is 1. The molecule has 2 fully saturated rings. The smallest absolute Gasteiger partial charge is 0.409 e. The number of carbonyl (C=O) groups excluding carboxylic acids is 3. The van der Waals surface area contributed by atoms with E-state index in [9.17, 15) is 14.4 Å². The maximum absolute atomic E-state index is 12.4. The Hall–Kier alpha value is -2.91. The summed E-state index contributed by atoms with van der Waals surface area (Å²) in [7, 11) is 0. The van der Waals surface area contributed by atoms with Crippen LogP contribution in [0.1, 0.15) is 30.1 Å². The summed E-state index contributed by atoms with van der Waals surface area (Å²) in [6, 6.07) is 0.00858. The van der Waals surface area contributed by atoms with Crippen LogP contribution in [0.5, 0.6) is 0 Å². The van der Waals surface area contributed by atoms with Crippen LogP contribution in [0.2, 0.25) is 0 Å². The summed E-state index contributed by atoms with van der Waals surface area (Å²) in [5, 5.41) is 2.98. The maximum Gasteiger partial charge on any atom is 0.409 e. The lowest BCUT2D eigenvalue weighted by Gasteiger charge is -2.32. The molecule has 0 aliphatic carbocycles. The summed E-state index contributed by atoms with van der Waals surface area (Å²) in [4.78, 5) is 48.9. The van der Waals surface area contributed by atoms with Crippen molar-refractivity contribution in [3.8, 4) is 0 Å². The zero-order valence-electron chi connectivity index (χ0n) is 16.0. The van der Waals surface area contributed by atoms with Gasteiger partial charge in [-0.05, 0) is 19.8 Å². The lowest BCUT2D eigenvalue weighted by molar-refractivity contribution is -0.118. The van der Waals surface area contributed by atoms with Gasteiger partial charge in [-0.2, -0.15) is 0 Å². The Morgan fingerprint density at radius 2 is 1.79 bits per heavy atom. The highest BCUT2D eigenvalue weighted by molar-refractivity contribution is 5.93. The van der Waals surface area contributed by atoms with Crippen molar-refractivity contribution in [2.45, 2.75) is 25.8 Å². The topological polar surface area (TPSA) is 108 Å². The number of ether oxygens (including phenoxy) is 1. The number of nitrogens with one attached hydrogen (secondary N) is 1. The fourth-order valence-electron chi connectivity index (χ4n) is 3.32. The van der Waals surface area contributed by atoms with Crippen LogP contribution in [0.3, 0.4) is 0 Å². The zero-order valence-corrected chi connectivity index (χ0v) is 16.0. The van der Waals surface area contributed by atoms with E-state index in [4.69, 9.17) is 4.74 Å². The van der Waals surface area contributed by atoms with Crippen LogP contribution in [0.25, 0.3) is 0 Å². The summed E-state index contributed by atoms with van der Waals surface area (Å²) in [6.07, 6.45) is 4.97. The second kappa shape index (κ2) is 9.34. The second-order valence-electron chi connectivity index (χ2n) is 6.83. The van der Waals surface area contributed by atoms with E-state index in [0.29, 0.717) is 70.2 Å². The Bertz CT molecular complexity index is 682. The molecule has 3 rings (SSSR count). The number of carbonyl (C=O) groups is 3. The molecule has 3 heterocycles. The third-order valence-corrected chi connectivity index (χ3v) is 5.00. The van der Waals surface area contributed by atoms with Crippen molar-refractivity contribution < 1.29 is 19.1 Å². The monoisotopic (exact) mass is 390 g/mol. The number of amides is 3. The van der Waals surface area contributed by atoms with Gasteiger partial charge in [0, 0.05) is 57.7 Å². The number of piperazine rings is 1. The molecule has 0 bridgehead atoms. The lowest BCUT2D eigenvalue weighted by Crippen LogP contribution is -2.47. The highest BCUT2D eigenvalue weighted by atomic mass is 16.6. The Morgan fingerprint density at radius 1 is 1.14 bits per heavy atom. The molecule has 1 aromatic heterocycles. The van der Waals surface area contributed by atoms with Gasteiger partial charge >= 0.3 is 6.09 Å². The van der Waals surface area contributed by atoms with Crippen molar-refractivity contribution >= 4 is 24.4 Å². The molecular weight excluding hydrogens is 364 g/mol. The predicted molar refractivity (Wildman–Crippen MR) is 101 cm³/mol. The first-order chi connectivity index (χ1) is 13.6. The minimum atomic E-state index is -0.301. The van der Waals surface area contributed by atoms with Gasteiger partial charge in [-0.15, -0.1) is 0 Å². The summed E-state index contributed by atoms with van der Waals surface area (Å²) in [6.45, 7) is 5.88. The van der Waals surface area contributed by atoms with Crippen LogP contribution in [-0.4, -0.2) is 90.1 Å². The number of likely N-dealkylation sites (tertiary alicyclic amines) is 1. The van der Waals surface area contributed by atoms with Gasteiger partial charge in [0.1, 0.15) is 0 Å². The molecule has 2 aliphatic rings. The van der Waals surface area contributed by atoms with Crippen molar-refractivity contribution in [3.05, 3.63) is 18.0 Å². The van der Waals surface area contributed by atoms with E-state index in [1.54, 1.807) is 16.7 Å². The van der Waals surface area contributed by atoms with Crippen molar-refractivity contribution in [3.63, 3.8) is 0 Å². The third kappa shape index (κ3) is 4.87. The van der Waals surface area contributed by atoms with Crippen molar-refractivity contribution in [1.29, 1.82) is 0 Å². The molecule has 28 heavy (non-hydrogen) atoms. The van der Waals surface area contributed by atoms with Gasteiger partial charge in [0.25, 0.3) is 5.91 Å². The van der Waals surface area contributed by atoms with Gasteiger partial charge < -0.3 is 24.8 Å². The summed E-state index contributed by atoms with van der Waals surface area (Å²) >= 11 is 0. The van der Waals surface area contributed by atoms with Gasteiger partial charge in [0.05, 0.1) is 12.2 Å². The van der Waals surface area contributed by atoms with Gasteiger partial charge in [-0.25, -0.2) is 14.8 Å². The average molecular weight is 390 g/mol. The normalized spacial score (nSPS) is 18.0. The first kappa shape index (κ1) is 19.8. The van der Waals surface area contributed by atoms with Gasteiger partial charge in [-0.3, -0.25) is 9.59 Å². The van der Waals surface area contributed by atoms with Crippen LogP contribution < -0.4 is 10.2 Å². The van der Waals surface area contributed by atoms with E-state index in [1.807, 2.05) is 4.90 Å². The first-order valence-electron chi connectivity index (χ1n) is 9.59. The fraction of sp³-hybridized carbons (Fsp3) is 0.611. The summed E-state index contributed by atoms with van der Waals surface area (Å²) in [5.41, 5.74) is 0.406. The summed E-state index contributed by atoms with van der Waals surface area (Å²) in [5.74, 6) is 0.344. The number of nitrogens with zero attached hydrogens (tertiary/aromatic N) is 5. The number of hydrogen-bond acceptors (Lipinski definition) is 7. The van der Waals surface area contributed by atoms with E-state index in [2.05, 4.69) is 15.3 Å². The van der Waals surface area contributed by atoms with Gasteiger partial charge in [-0.1, -0.05) is 0 Å². The van der Waals surface area contributed by atoms with E-state index in [-0.39, 0.29) is 18.0 Å². The SMILES string of the molecule is CCOC(=O)N1CCC(NC(=O)c2cnc(N3CCN(C=O)CC3)nc2)CC1. The van der Waals surface area contributed by atoms with Gasteiger partial charge in [0.2, 0.25) is 12.4 Å². The van der Waals surface area contributed by atoms with E-state index in [1.165, 1.54) is 12.4 Å². The van der Waals surface area contributed by atoms with E-state index < -0.39 is 0 Å². The van der Waals surface area contributed by atoms with E-state index >= 15 is 0 Å². The van der Waals surface area contributed by atoms with Crippen molar-refractivity contribution in [1.82, 2.24) is 25.1 Å². The first-order valence-corrected chi connectivity index (χ1v) is 9.59. The number of rotatable bonds is 5. The van der Waals surface area contributed by atoms with Crippen LogP contribution in [0, 0.1) is 0 Å². The molecule has 1 aromatic rings. The minimum absolute atomic E-state index is 0.00858. The average Bonchev–Trinajstić information content (AvgIpc) is 2.74. The molecule has 0 aromatic carbocycles.